The van der Waals surface area contributed by atoms with Crippen molar-refractivity contribution in [1.29, 1.82) is 0 Å². The summed E-state index contributed by atoms with van der Waals surface area (Å²) >= 11 is 0. The van der Waals surface area contributed by atoms with Crippen LogP contribution in [0.25, 0.3) is 0 Å². The number of carbonyl (C=O) groups is 2. The summed E-state index contributed by atoms with van der Waals surface area (Å²) in [5.74, 6) is -1.95. The SMILES string of the molecule is CCNS(=O)(=O)N[C@@H](CCC(=O)OC)C(=O)O. The van der Waals surface area contributed by atoms with Crippen molar-refractivity contribution in [1.82, 2.24) is 9.44 Å². The van der Waals surface area contributed by atoms with Gasteiger partial charge in [0.25, 0.3) is 10.2 Å². The van der Waals surface area contributed by atoms with E-state index in [2.05, 4.69) is 9.46 Å². The minimum atomic E-state index is -3.86. The monoisotopic (exact) mass is 268 g/mol. The molecular weight excluding hydrogens is 252 g/mol. The van der Waals surface area contributed by atoms with E-state index < -0.39 is 28.2 Å². The second-order valence-electron chi connectivity index (χ2n) is 3.12. The molecule has 100 valence electrons. The van der Waals surface area contributed by atoms with Gasteiger partial charge in [-0.05, 0) is 6.42 Å². The van der Waals surface area contributed by atoms with Crippen LogP contribution in [0.2, 0.25) is 0 Å². The van der Waals surface area contributed by atoms with Gasteiger partial charge >= 0.3 is 11.9 Å². The number of carbonyl (C=O) groups excluding carboxylic acids is 1. The highest BCUT2D eigenvalue weighted by Crippen LogP contribution is 2.00. The molecule has 17 heavy (non-hydrogen) atoms. The zero-order valence-electron chi connectivity index (χ0n) is 9.60. The number of carboxylic acid groups (broad SMARTS) is 1. The number of hydrogen-bond donors (Lipinski definition) is 3. The lowest BCUT2D eigenvalue weighted by atomic mass is 10.2. The molecule has 0 heterocycles. The van der Waals surface area contributed by atoms with Gasteiger partial charge in [0.1, 0.15) is 6.04 Å². The fraction of sp³-hybridized carbons (Fsp3) is 0.750. The number of methoxy groups -OCH3 is 1. The van der Waals surface area contributed by atoms with Crippen molar-refractivity contribution in [3.63, 3.8) is 0 Å². The average Bonchev–Trinajstić information content (AvgIpc) is 2.23. The summed E-state index contributed by atoms with van der Waals surface area (Å²) in [7, 11) is -2.70. The molecule has 0 rings (SSSR count). The number of rotatable bonds is 8. The number of hydrogen-bond acceptors (Lipinski definition) is 5. The molecule has 0 aromatic rings. The third-order valence-corrected chi connectivity index (χ3v) is 3.06. The standard InChI is InChI=1S/C8H16N2O6S/c1-3-9-17(14,15)10-6(8(12)13)4-5-7(11)16-2/h6,9-10H,3-5H2,1-2H3,(H,12,13)/t6-/m0/s1. The Hall–Kier alpha value is -1.19. The van der Waals surface area contributed by atoms with E-state index in [0.717, 1.165) is 0 Å². The maximum absolute atomic E-state index is 11.3. The molecule has 0 aromatic carbocycles. The van der Waals surface area contributed by atoms with Crippen molar-refractivity contribution in [3.05, 3.63) is 0 Å². The van der Waals surface area contributed by atoms with Gasteiger partial charge in [-0.2, -0.15) is 13.1 Å². The Morgan fingerprint density at radius 1 is 1.41 bits per heavy atom. The predicted octanol–water partition coefficient (Wildman–Crippen LogP) is -1.16. The van der Waals surface area contributed by atoms with E-state index in [0.29, 0.717) is 0 Å². The lowest BCUT2D eigenvalue weighted by molar-refractivity contribution is -0.142. The van der Waals surface area contributed by atoms with Crippen LogP contribution in [-0.2, 0) is 24.5 Å². The van der Waals surface area contributed by atoms with E-state index in [9.17, 15) is 18.0 Å². The number of carboxylic acids is 1. The average molecular weight is 268 g/mol. The number of nitrogens with one attached hydrogen (secondary N) is 2. The molecule has 0 aliphatic rings. The zero-order valence-corrected chi connectivity index (χ0v) is 10.4. The van der Waals surface area contributed by atoms with Gasteiger partial charge in [0, 0.05) is 13.0 Å². The molecule has 0 saturated heterocycles. The molecule has 0 amide bonds. The van der Waals surface area contributed by atoms with Crippen LogP contribution in [-0.4, -0.2) is 45.2 Å². The van der Waals surface area contributed by atoms with Crippen LogP contribution in [0.4, 0.5) is 0 Å². The number of esters is 1. The van der Waals surface area contributed by atoms with Crippen molar-refractivity contribution >= 4 is 22.1 Å². The molecule has 0 fully saturated rings. The van der Waals surface area contributed by atoms with Gasteiger partial charge in [0.05, 0.1) is 7.11 Å². The van der Waals surface area contributed by atoms with Crippen molar-refractivity contribution in [3.8, 4) is 0 Å². The molecule has 0 saturated carbocycles. The van der Waals surface area contributed by atoms with Gasteiger partial charge in [-0.25, -0.2) is 4.72 Å². The lowest BCUT2D eigenvalue weighted by Crippen LogP contribution is -2.46. The van der Waals surface area contributed by atoms with Crippen LogP contribution < -0.4 is 9.44 Å². The quantitative estimate of drug-likeness (QED) is 0.477. The van der Waals surface area contributed by atoms with Crippen LogP contribution in [0.3, 0.4) is 0 Å². The molecule has 8 nitrogen and oxygen atoms in total. The summed E-state index contributed by atoms with van der Waals surface area (Å²) in [6, 6.07) is -1.36. The Morgan fingerprint density at radius 2 is 2.00 bits per heavy atom. The van der Waals surface area contributed by atoms with Crippen molar-refractivity contribution in [2.75, 3.05) is 13.7 Å². The highest BCUT2D eigenvalue weighted by molar-refractivity contribution is 7.87. The normalized spacial score (nSPS) is 13.1. The first-order chi connectivity index (χ1) is 7.82. The summed E-state index contributed by atoms with van der Waals surface area (Å²) in [4.78, 5) is 21.6. The first-order valence-corrected chi connectivity index (χ1v) is 6.37. The Balaban J connectivity index is 4.45. The molecule has 3 N–H and O–H groups in total. The summed E-state index contributed by atoms with van der Waals surface area (Å²) in [5.41, 5.74) is 0. The molecular formula is C8H16N2O6S. The van der Waals surface area contributed by atoms with E-state index >= 15 is 0 Å². The van der Waals surface area contributed by atoms with Gasteiger partial charge in [-0.3, -0.25) is 9.59 Å². The minimum absolute atomic E-state index is 0.138. The predicted molar refractivity (Wildman–Crippen MR) is 58.4 cm³/mol. The van der Waals surface area contributed by atoms with Gasteiger partial charge in [-0.15, -0.1) is 0 Å². The van der Waals surface area contributed by atoms with Crippen molar-refractivity contribution in [2.24, 2.45) is 0 Å². The summed E-state index contributed by atoms with van der Waals surface area (Å²) < 4.78 is 30.9. The number of ether oxygens (including phenoxy) is 1. The third kappa shape index (κ3) is 6.87. The van der Waals surface area contributed by atoms with Gasteiger partial charge < -0.3 is 9.84 Å². The largest absolute Gasteiger partial charge is 0.480 e. The summed E-state index contributed by atoms with van der Waals surface area (Å²) in [6.45, 7) is 1.70. The lowest BCUT2D eigenvalue weighted by Gasteiger charge is -2.14. The molecule has 0 bridgehead atoms. The molecule has 9 heteroatoms. The Labute approximate surface area is 99.5 Å². The fourth-order valence-electron chi connectivity index (χ4n) is 1.02. The zero-order chi connectivity index (χ0) is 13.5. The van der Waals surface area contributed by atoms with E-state index in [1.165, 1.54) is 7.11 Å². The van der Waals surface area contributed by atoms with Crippen LogP contribution in [0.1, 0.15) is 19.8 Å². The topological polar surface area (TPSA) is 122 Å². The van der Waals surface area contributed by atoms with Gasteiger partial charge in [-0.1, -0.05) is 6.92 Å². The van der Waals surface area contributed by atoms with Crippen LogP contribution in [0.15, 0.2) is 0 Å². The Morgan fingerprint density at radius 3 is 2.41 bits per heavy atom. The molecule has 0 radical (unpaired) electrons. The molecule has 0 aliphatic carbocycles. The summed E-state index contributed by atoms with van der Waals surface area (Å²) in [6.07, 6.45) is -0.352. The van der Waals surface area contributed by atoms with E-state index in [1.54, 1.807) is 6.92 Å². The molecule has 0 aromatic heterocycles. The maximum Gasteiger partial charge on any atom is 0.321 e. The van der Waals surface area contributed by atoms with E-state index in [-0.39, 0.29) is 19.4 Å². The third-order valence-electron chi connectivity index (χ3n) is 1.79. The second kappa shape index (κ2) is 7.20. The first kappa shape index (κ1) is 15.8. The van der Waals surface area contributed by atoms with Crippen molar-refractivity contribution < 1.29 is 27.9 Å². The van der Waals surface area contributed by atoms with Crippen LogP contribution >= 0.6 is 0 Å². The van der Waals surface area contributed by atoms with E-state index in [1.807, 2.05) is 4.72 Å². The highest BCUT2D eigenvalue weighted by Gasteiger charge is 2.24. The van der Waals surface area contributed by atoms with E-state index in [4.69, 9.17) is 5.11 Å². The molecule has 0 unspecified atom stereocenters. The summed E-state index contributed by atoms with van der Waals surface area (Å²) in [5, 5.41) is 8.78. The van der Waals surface area contributed by atoms with Gasteiger partial charge in [0.15, 0.2) is 0 Å². The van der Waals surface area contributed by atoms with Gasteiger partial charge in [0.2, 0.25) is 0 Å². The maximum atomic E-state index is 11.3. The fourth-order valence-corrected chi connectivity index (χ4v) is 2.07. The first-order valence-electron chi connectivity index (χ1n) is 4.89. The molecule has 0 spiro atoms. The smallest absolute Gasteiger partial charge is 0.321 e. The second-order valence-corrected chi connectivity index (χ2v) is 4.66. The Bertz CT molecular complexity index is 366. The van der Waals surface area contributed by atoms with Crippen molar-refractivity contribution in [2.45, 2.75) is 25.8 Å². The van der Waals surface area contributed by atoms with Crippen LogP contribution in [0, 0.1) is 0 Å². The Kier molecular flexibility index (Phi) is 6.69. The highest BCUT2D eigenvalue weighted by atomic mass is 32.2. The van der Waals surface area contributed by atoms with Crippen LogP contribution in [0.5, 0.6) is 0 Å². The molecule has 1 atom stereocenters. The minimum Gasteiger partial charge on any atom is -0.480 e. The number of aliphatic carboxylic acids is 1. The molecule has 0 aliphatic heterocycles.